The van der Waals surface area contributed by atoms with Crippen molar-refractivity contribution in [2.75, 3.05) is 5.32 Å². The van der Waals surface area contributed by atoms with Gasteiger partial charge in [0.05, 0.1) is 15.0 Å². The van der Waals surface area contributed by atoms with Gasteiger partial charge in [0.1, 0.15) is 5.02 Å². The third kappa shape index (κ3) is 4.69. The molecule has 0 heterocycles. The minimum atomic E-state index is -0.621. The molecule has 1 amide bonds. The van der Waals surface area contributed by atoms with Gasteiger partial charge >= 0.3 is 0 Å². The summed E-state index contributed by atoms with van der Waals surface area (Å²) in [6.07, 6.45) is 2.82. The van der Waals surface area contributed by atoms with E-state index in [9.17, 15) is 14.9 Å². The fourth-order valence-corrected chi connectivity index (χ4v) is 2.20. The van der Waals surface area contributed by atoms with Crippen molar-refractivity contribution in [3.63, 3.8) is 0 Å². The summed E-state index contributed by atoms with van der Waals surface area (Å²) >= 11 is 17.4. The lowest BCUT2D eigenvalue weighted by Crippen LogP contribution is -2.08. The molecule has 0 aliphatic heterocycles. The number of carbonyl (C=O) groups is 1. The molecule has 5 nitrogen and oxygen atoms in total. The van der Waals surface area contributed by atoms with Gasteiger partial charge in [0.2, 0.25) is 5.91 Å². The van der Waals surface area contributed by atoms with Crippen molar-refractivity contribution in [1.82, 2.24) is 0 Å². The lowest BCUT2D eigenvalue weighted by atomic mass is 10.2. The summed E-state index contributed by atoms with van der Waals surface area (Å²) in [6.45, 7) is 0. The van der Waals surface area contributed by atoms with Gasteiger partial charge in [-0.05, 0) is 35.9 Å². The molecule has 0 atom stereocenters. The minimum absolute atomic E-state index is 0.000604. The Labute approximate surface area is 146 Å². The highest BCUT2D eigenvalue weighted by molar-refractivity contribution is 6.42. The number of nitrogens with one attached hydrogen (secondary N) is 1. The van der Waals surface area contributed by atoms with Gasteiger partial charge in [-0.2, -0.15) is 0 Å². The van der Waals surface area contributed by atoms with Crippen LogP contribution < -0.4 is 5.32 Å². The predicted molar refractivity (Wildman–Crippen MR) is 92.2 cm³/mol. The van der Waals surface area contributed by atoms with Gasteiger partial charge < -0.3 is 5.32 Å². The number of carbonyl (C=O) groups excluding carboxylic acids is 1. The second kappa shape index (κ2) is 7.46. The molecule has 1 N–H and O–H groups in total. The normalized spacial score (nSPS) is 10.7. The number of amides is 1. The summed E-state index contributed by atoms with van der Waals surface area (Å²) in [6, 6.07) is 8.93. The molecular formula is C15H9Cl3N2O3. The molecule has 0 bridgehead atoms. The van der Waals surface area contributed by atoms with Crippen LogP contribution in [0, 0.1) is 10.1 Å². The fourth-order valence-electron chi connectivity index (χ4n) is 1.70. The van der Waals surface area contributed by atoms with E-state index in [4.69, 9.17) is 34.8 Å². The molecule has 8 heteroatoms. The van der Waals surface area contributed by atoms with Gasteiger partial charge in [-0.1, -0.05) is 40.9 Å². The average molecular weight is 372 g/mol. The molecule has 2 aromatic carbocycles. The third-order valence-corrected chi connectivity index (χ3v) is 3.84. The van der Waals surface area contributed by atoms with Gasteiger partial charge in [0.25, 0.3) is 5.69 Å². The van der Waals surface area contributed by atoms with Crippen molar-refractivity contribution in [2.45, 2.75) is 0 Å². The number of nitro groups is 1. The maximum atomic E-state index is 11.8. The van der Waals surface area contributed by atoms with Crippen LogP contribution in [0.25, 0.3) is 6.08 Å². The zero-order valence-electron chi connectivity index (χ0n) is 11.4. The highest BCUT2D eigenvalue weighted by Crippen LogP contribution is 2.27. The summed E-state index contributed by atoms with van der Waals surface area (Å²) in [4.78, 5) is 22.0. The minimum Gasteiger partial charge on any atom is -0.322 e. The van der Waals surface area contributed by atoms with Crippen molar-refractivity contribution in [1.29, 1.82) is 0 Å². The molecule has 0 saturated heterocycles. The molecule has 0 saturated carbocycles. The molecule has 0 spiro atoms. The Morgan fingerprint density at radius 2 is 1.74 bits per heavy atom. The Morgan fingerprint density at radius 3 is 2.39 bits per heavy atom. The Balaban J connectivity index is 2.10. The number of hydrogen-bond acceptors (Lipinski definition) is 3. The van der Waals surface area contributed by atoms with Crippen molar-refractivity contribution < 1.29 is 9.72 Å². The molecule has 2 rings (SSSR count). The maximum Gasteiger partial charge on any atom is 0.289 e. The molecule has 0 aliphatic rings. The van der Waals surface area contributed by atoms with E-state index in [1.54, 1.807) is 24.3 Å². The predicted octanol–water partition coefficient (Wildman–Crippen LogP) is 5.21. The smallest absolute Gasteiger partial charge is 0.289 e. The summed E-state index contributed by atoms with van der Waals surface area (Å²) in [5.41, 5.74) is 0.680. The van der Waals surface area contributed by atoms with E-state index >= 15 is 0 Å². The number of halogens is 3. The molecule has 23 heavy (non-hydrogen) atoms. The van der Waals surface area contributed by atoms with E-state index in [0.29, 0.717) is 15.6 Å². The van der Waals surface area contributed by atoms with Crippen molar-refractivity contribution >= 4 is 58.2 Å². The van der Waals surface area contributed by atoms with Crippen LogP contribution >= 0.6 is 34.8 Å². The summed E-state index contributed by atoms with van der Waals surface area (Å²) in [7, 11) is 0. The van der Waals surface area contributed by atoms with E-state index in [1.165, 1.54) is 24.3 Å². The SMILES string of the molecule is O=C(C=Cc1ccc(Cl)c(Cl)c1)Nc1ccc(Cl)c([N+](=O)[O-])c1. The first-order chi connectivity index (χ1) is 10.9. The summed E-state index contributed by atoms with van der Waals surface area (Å²) in [5, 5.41) is 14.1. The monoisotopic (exact) mass is 370 g/mol. The number of hydrogen-bond donors (Lipinski definition) is 1. The molecular weight excluding hydrogens is 363 g/mol. The zero-order valence-corrected chi connectivity index (χ0v) is 13.7. The number of benzene rings is 2. The van der Waals surface area contributed by atoms with Crippen LogP contribution in [0.5, 0.6) is 0 Å². The lowest BCUT2D eigenvalue weighted by molar-refractivity contribution is -0.384. The van der Waals surface area contributed by atoms with Crippen LogP contribution in [-0.2, 0) is 4.79 Å². The first-order valence-electron chi connectivity index (χ1n) is 6.25. The summed E-state index contributed by atoms with van der Waals surface area (Å²) in [5.74, 6) is -0.451. The summed E-state index contributed by atoms with van der Waals surface area (Å²) < 4.78 is 0. The second-order valence-corrected chi connectivity index (χ2v) is 5.64. The molecule has 0 radical (unpaired) electrons. The van der Waals surface area contributed by atoms with Gasteiger partial charge in [-0.3, -0.25) is 14.9 Å². The largest absolute Gasteiger partial charge is 0.322 e. The molecule has 2 aromatic rings. The highest BCUT2D eigenvalue weighted by Gasteiger charge is 2.13. The van der Waals surface area contributed by atoms with Gasteiger partial charge in [-0.15, -0.1) is 0 Å². The van der Waals surface area contributed by atoms with Crippen LogP contribution in [0.3, 0.4) is 0 Å². The van der Waals surface area contributed by atoms with Crippen LogP contribution in [0.1, 0.15) is 5.56 Å². The fraction of sp³-hybridized carbons (Fsp3) is 0. The topological polar surface area (TPSA) is 72.2 Å². The van der Waals surface area contributed by atoms with E-state index < -0.39 is 10.8 Å². The highest BCUT2D eigenvalue weighted by atomic mass is 35.5. The Hall–Kier alpha value is -2.08. The molecule has 0 fully saturated rings. The number of nitrogens with zero attached hydrogens (tertiary/aromatic N) is 1. The van der Waals surface area contributed by atoms with Crippen molar-refractivity contribution in [3.05, 3.63) is 73.2 Å². The van der Waals surface area contributed by atoms with Gasteiger partial charge in [0, 0.05) is 17.8 Å². The quantitative estimate of drug-likeness (QED) is 0.456. The third-order valence-electron chi connectivity index (χ3n) is 2.78. The Kier molecular flexibility index (Phi) is 5.60. The number of anilines is 1. The van der Waals surface area contributed by atoms with E-state index in [0.717, 1.165) is 0 Å². The van der Waals surface area contributed by atoms with Crippen molar-refractivity contribution in [2.24, 2.45) is 0 Å². The first kappa shape index (κ1) is 17.3. The number of nitro benzene ring substituents is 1. The standard InChI is InChI=1S/C15H9Cl3N2O3/c16-11-4-1-9(7-13(11)18)2-6-15(21)19-10-3-5-12(17)14(8-10)20(22)23/h1-8H,(H,19,21). The van der Waals surface area contributed by atoms with Gasteiger partial charge in [0.15, 0.2) is 0 Å². The average Bonchev–Trinajstić information content (AvgIpc) is 2.50. The Bertz CT molecular complexity index is 807. The maximum absolute atomic E-state index is 11.8. The van der Waals surface area contributed by atoms with Crippen LogP contribution in [0.2, 0.25) is 15.1 Å². The Morgan fingerprint density at radius 1 is 1.04 bits per heavy atom. The molecule has 0 aromatic heterocycles. The lowest BCUT2D eigenvalue weighted by Gasteiger charge is -2.03. The zero-order chi connectivity index (χ0) is 17.0. The second-order valence-electron chi connectivity index (χ2n) is 4.42. The molecule has 0 unspecified atom stereocenters. The van der Waals surface area contributed by atoms with Crippen molar-refractivity contribution in [3.8, 4) is 0 Å². The van der Waals surface area contributed by atoms with Crippen LogP contribution in [-0.4, -0.2) is 10.8 Å². The molecule has 118 valence electrons. The van der Waals surface area contributed by atoms with Crippen LogP contribution in [0.15, 0.2) is 42.5 Å². The van der Waals surface area contributed by atoms with E-state index in [2.05, 4.69) is 5.32 Å². The van der Waals surface area contributed by atoms with Gasteiger partial charge in [-0.25, -0.2) is 0 Å². The number of rotatable bonds is 4. The van der Waals surface area contributed by atoms with Crippen LogP contribution in [0.4, 0.5) is 11.4 Å². The van der Waals surface area contributed by atoms with E-state index in [-0.39, 0.29) is 16.4 Å². The molecule has 0 aliphatic carbocycles. The first-order valence-corrected chi connectivity index (χ1v) is 7.38. The van der Waals surface area contributed by atoms with E-state index in [1.807, 2.05) is 0 Å².